The lowest BCUT2D eigenvalue weighted by Crippen LogP contribution is -2.30. The molecule has 0 bridgehead atoms. The van der Waals surface area contributed by atoms with E-state index in [2.05, 4.69) is 32.0 Å². The Morgan fingerprint density at radius 2 is 1.74 bits per heavy atom. The van der Waals surface area contributed by atoms with Crippen LogP contribution in [0, 0.1) is 12.8 Å². The van der Waals surface area contributed by atoms with Crippen molar-refractivity contribution in [1.29, 1.82) is 0 Å². The van der Waals surface area contributed by atoms with Crippen molar-refractivity contribution < 1.29 is 9.47 Å². The van der Waals surface area contributed by atoms with Crippen molar-refractivity contribution in [3.63, 3.8) is 0 Å². The molecule has 0 saturated carbocycles. The Balaban J connectivity index is 3.35. The number of nitrogens with zero attached hydrogens (tertiary/aromatic N) is 1. The Morgan fingerprint density at radius 3 is 2.16 bits per heavy atom. The van der Waals surface area contributed by atoms with Gasteiger partial charge < -0.3 is 20.1 Å². The fraction of sp³-hybridized carbons (Fsp3) is 0.600. The standard InChI is InChI=1S/C15H26N2O2/c1-10-7-14(19-6)12(8-13(10)18-5)15(17(3)4)11(2)9-16/h7-8,11,15H,9,16H2,1-6H3. The first kappa shape index (κ1) is 15.8. The Hall–Kier alpha value is -1.26. The summed E-state index contributed by atoms with van der Waals surface area (Å²) in [7, 11) is 7.51. The van der Waals surface area contributed by atoms with E-state index in [0.29, 0.717) is 12.5 Å². The molecule has 0 amide bonds. The van der Waals surface area contributed by atoms with E-state index < -0.39 is 0 Å². The van der Waals surface area contributed by atoms with Gasteiger partial charge in [-0.15, -0.1) is 0 Å². The lowest BCUT2D eigenvalue weighted by Gasteiger charge is -2.31. The van der Waals surface area contributed by atoms with Crippen LogP contribution < -0.4 is 15.2 Å². The first-order chi connectivity index (χ1) is 8.96. The summed E-state index contributed by atoms with van der Waals surface area (Å²) in [5.74, 6) is 2.10. The van der Waals surface area contributed by atoms with E-state index in [4.69, 9.17) is 15.2 Å². The maximum absolute atomic E-state index is 5.84. The average molecular weight is 266 g/mol. The van der Waals surface area contributed by atoms with E-state index in [1.165, 1.54) is 0 Å². The van der Waals surface area contributed by atoms with Gasteiger partial charge in [-0.05, 0) is 51.2 Å². The molecule has 0 saturated heterocycles. The third-order valence-corrected chi connectivity index (χ3v) is 3.53. The summed E-state index contributed by atoms with van der Waals surface area (Å²) >= 11 is 0. The van der Waals surface area contributed by atoms with Crippen LogP contribution in [0.4, 0.5) is 0 Å². The summed E-state index contributed by atoms with van der Waals surface area (Å²) in [6.07, 6.45) is 0. The third kappa shape index (κ3) is 3.39. The van der Waals surface area contributed by atoms with Gasteiger partial charge in [0, 0.05) is 11.6 Å². The Kier molecular flexibility index (Phi) is 5.63. The molecule has 2 N–H and O–H groups in total. The molecule has 108 valence electrons. The van der Waals surface area contributed by atoms with Crippen LogP contribution in [0.3, 0.4) is 0 Å². The van der Waals surface area contributed by atoms with Crippen molar-refractivity contribution >= 4 is 0 Å². The molecule has 1 aromatic rings. The molecule has 0 radical (unpaired) electrons. The van der Waals surface area contributed by atoms with Crippen molar-refractivity contribution in [2.75, 3.05) is 34.9 Å². The molecule has 4 nitrogen and oxygen atoms in total. The van der Waals surface area contributed by atoms with Crippen LogP contribution in [0.25, 0.3) is 0 Å². The summed E-state index contributed by atoms with van der Waals surface area (Å²) in [5, 5.41) is 0. The maximum Gasteiger partial charge on any atom is 0.124 e. The fourth-order valence-corrected chi connectivity index (χ4v) is 2.53. The van der Waals surface area contributed by atoms with E-state index in [0.717, 1.165) is 22.6 Å². The number of rotatable bonds is 6. The van der Waals surface area contributed by atoms with Crippen LogP contribution in [0.15, 0.2) is 12.1 Å². The Morgan fingerprint density at radius 1 is 1.16 bits per heavy atom. The van der Waals surface area contributed by atoms with Crippen LogP contribution in [0.1, 0.15) is 24.1 Å². The molecule has 0 aliphatic heterocycles. The second kappa shape index (κ2) is 6.78. The van der Waals surface area contributed by atoms with E-state index in [9.17, 15) is 0 Å². The molecule has 1 rings (SSSR count). The molecule has 0 spiro atoms. The molecule has 0 aromatic heterocycles. The lowest BCUT2D eigenvalue weighted by molar-refractivity contribution is 0.221. The highest BCUT2D eigenvalue weighted by molar-refractivity contribution is 5.47. The molecule has 19 heavy (non-hydrogen) atoms. The van der Waals surface area contributed by atoms with Crippen LogP contribution in [-0.2, 0) is 0 Å². The number of hydrogen-bond donors (Lipinski definition) is 1. The molecule has 1 aromatic carbocycles. The van der Waals surface area contributed by atoms with Gasteiger partial charge in [-0.25, -0.2) is 0 Å². The summed E-state index contributed by atoms with van der Waals surface area (Å²) in [6.45, 7) is 4.79. The van der Waals surface area contributed by atoms with Gasteiger partial charge in [0.15, 0.2) is 0 Å². The SMILES string of the molecule is COc1cc(C(C(C)CN)N(C)C)c(OC)cc1C. The van der Waals surface area contributed by atoms with Crippen molar-refractivity contribution in [2.24, 2.45) is 11.7 Å². The summed E-state index contributed by atoms with van der Waals surface area (Å²) in [6, 6.07) is 4.29. The van der Waals surface area contributed by atoms with Gasteiger partial charge in [-0.2, -0.15) is 0 Å². The zero-order valence-corrected chi connectivity index (χ0v) is 12.9. The minimum atomic E-state index is 0.203. The van der Waals surface area contributed by atoms with Gasteiger partial charge >= 0.3 is 0 Å². The fourth-order valence-electron chi connectivity index (χ4n) is 2.53. The highest BCUT2D eigenvalue weighted by Crippen LogP contribution is 2.37. The second-order valence-electron chi connectivity index (χ2n) is 5.19. The summed E-state index contributed by atoms with van der Waals surface area (Å²) in [4.78, 5) is 2.17. The maximum atomic E-state index is 5.84. The van der Waals surface area contributed by atoms with Gasteiger partial charge in [0.2, 0.25) is 0 Å². The van der Waals surface area contributed by atoms with Crippen LogP contribution in [0.5, 0.6) is 11.5 Å². The van der Waals surface area contributed by atoms with Crippen molar-refractivity contribution in [3.05, 3.63) is 23.3 Å². The zero-order valence-electron chi connectivity index (χ0n) is 12.9. The van der Waals surface area contributed by atoms with Crippen LogP contribution in [0.2, 0.25) is 0 Å². The molecule has 4 heteroatoms. The Bertz CT molecular complexity index is 419. The normalized spacial score (nSPS) is 14.3. The van der Waals surface area contributed by atoms with Crippen molar-refractivity contribution in [1.82, 2.24) is 4.90 Å². The van der Waals surface area contributed by atoms with E-state index in [-0.39, 0.29) is 6.04 Å². The van der Waals surface area contributed by atoms with Gasteiger partial charge in [0.05, 0.1) is 14.2 Å². The number of ether oxygens (including phenoxy) is 2. The van der Waals surface area contributed by atoms with Crippen LogP contribution in [-0.4, -0.2) is 39.8 Å². The highest BCUT2D eigenvalue weighted by atomic mass is 16.5. The third-order valence-electron chi connectivity index (χ3n) is 3.53. The quantitative estimate of drug-likeness (QED) is 0.857. The van der Waals surface area contributed by atoms with Gasteiger partial charge in [0.25, 0.3) is 0 Å². The summed E-state index contributed by atoms with van der Waals surface area (Å²) < 4.78 is 11.0. The predicted octanol–water partition coefficient (Wildman–Crippen LogP) is 2.21. The molecular weight excluding hydrogens is 240 g/mol. The molecule has 0 fully saturated rings. The molecule has 0 aliphatic rings. The van der Waals surface area contributed by atoms with E-state index in [1.54, 1.807) is 14.2 Å². The molecule has 2 unspecified atom stereocenters. The number of nitrogens with two attached hydrogens (primary N) is 1. The Labute approximate surface area is 116 Å². The lowest BCUT2D eigenvalue weighted by atomic mass is 9.92. The largest absolute Gasteiger partial charge is 0.496 e. The zero-order chi connectivity index (χ0) is 14.6. The van der Waals surface area contributed by atoms with E-state index in [1.807, 2.05) is 13.0 Å². The van der Waals surface area contributed by atoms with E-state index >= 15 is 0 Å². The smallest absolute Gasteiger partial charge is 0.124 e. The van der Waals surface area contributed by atoms with Crippen molar-refractivity contribution in [2.45, 2.75) is 19.9 Å². The highest BCUT2D eigenvalue weighted by Gasteiger charge is 2.25. The number of methoxy groups -OCH3 is 2. The first-order valence-electron chi connectivity index (χ1n) is 6.55. The van der Waals surface area contributed by atoms with Crippen molar-refractivity contribution in [3.8, 4) is 11.5 Å². The van der Waals surface area contributed by atoms with Crippen LogP contribution >= 0.6 is 0 Å². The van der Waals surface area contributed by atoms with Gasteiger partial charge in [-0.1, -0.05) is 6.92 Å². The van der Waals surface area contributed by atoms with Gasteiger partial charge in [-0.3, -0.25) is 0 Å². The summed E-state index contributed by atoms with van der Waals surface area (Å²) in [5.41, 5.74) is 8.03. The average Bonchev–Trinajstić information content (AvgIpc) is 2.39. The number of benzene rings is 1. The molecule has 0 aliphatic carbocycles. The predicted molar refractivity (Wildman–Crippen MR) is 78.9 cm³/mol. The topological polar surface area (TPSA) is 47.7 Å². The monoisotopic (exact) mass is 266 g/mol. The molecular formula is C15H26N2O2. The number of aryl methyl sites for hydroxylation is 1. The second-order valence-corrected chi connectivity index (χ2v) is 5.19. The number of hydrogen-bond acceptors (Lipinski definition) is 4. The minimum Gasteiger partial charge on any atom is -0.496 e. The van der Waals surface area contributed by atoms with Gasteiger partial charge in [0.1, 0.15) is 11.5 Å². The first-order valence-corrected chi connectivity index (χ1v) is 6.55. The molecule has 0 heterocycles. The minimum absolute atomic E-state index is 0.203. The molecule has 2 atom stereocenters.